The number of carbonyl (C=O) groups excluding carboxylic acids is 1. The van der Waals surface area contributed by atoms with Crippen molar-refractivity contribution in [2.24, 2.45) is 0 Å². The van der Waals surface area contributed by atoms with Gasteiger partial charge < -0.3 is 24.8 Å². The molecule has 0 radical (unpaired) electrons. The number of likely N-dealkylation sites (N-methyl/N-ethyl adjacent to an activating group) is 1. The first-order valence-corrected chi connectivity index (χ1v) is 14.1. The van der Waals surface area contributed by atoms with E-state index in [4.69, 9.17) is 9.47 Å². The topological polar surface area (TPSA) is 105 Å². The Morgan fingerprint density at radius 3 is 2.45 bits per heavy atom. The van der Waals surface area contributed by atoms with E-state index in [0.29, 0.717) is 23.7 Å². The van der Waals surface area contributed by atoms with E-state index in [9.17, 15) is 9.90 Å². The van der Waals surface area contributed by atoms with Gasteiger partial charge in [0.2, 0.25) is 5.82 Å². The van der Waals surface area contributed by atoms with Crippen LogP contribution in [0.1, 0.15) is 55.4 Å². The summed E-state index contributed by atoms with van der Waals surface area (Å²) in [4.78, 5) is 18.0. The van der Waals surface area contributed by atoms with Crippen molar-refractivity contribution in [1.82, 2.24) is 29.9 Å². The maximum Gasteiger partial charge on any atom is 0.289 e. The van der Waals surface area contributed by atoms with E-state index >= 15 is 0 Å². The fourth-order valence-electron chi connectivity index (χ4n) is 4.96. The van der Waals surface area contributed by atoms with E-state index in [2.05, 4.69) is 65.1 Å². The molecule has 0 spiro atoms. The van der Waals surface area contributed by atoms with Gasteiger partial charge in [-0.25, -0.2) is 0 Å². The number of amides is 1. The Bertz CT molecular complexity index is 1260. The molecule has 216 valence electrons. The smallest absolute Gasteiger partial charge is 0.289 e. The van der Waals surface area contributed by atoms with E-state index in [1.54, 1.807) is 17.7 Å². The van der Waals surface area contributed by atoms with Gasteiger partial charge in [-0.2, -0.15) is 0 Å². The zero-order valence-electron chi connectivity index (χ0n) is 24.3. The van der Waals surface area contributed by atoms with Crippen LogP contribution in [0.4, 0.5) is 0 Å². The van der Waals surface area contributed by atoms with E-state index in [0.717, 1.165) is 63.7 Å². The summed E-state index contributed by atoms with van der Waals surface area (Å²) in [6, 6.07) is 11.5. The second-order valence-corrected chi connectivity index (χ2v) is 10.3. The Kier molecular flexibility index (Phi) is 10.1. The zero-order valence-corrected chi connectivity index (χ0v) is 24.3. The summed E-state index contributed by atoms with van der Waals surface area (Å²) in [7, 11) is 1.59. The molecule has 0 unspecified atom stereocenters. The van der Waals surface area contributed by atoms with Crippen molar-refractivity contribution >= 4 is 5.91 Å². The highest BCUT2D eigenvalue weighted by Crippen LogP contribution is 2.38. The molecular formula is C30H42N6O4. The largest absolute Gasteiger partial charge is 0.507 e. The quantitative estimate of drug-likeness (QED) is 0.352. The number of ether oxygens (including phenoxy) is 2. The van der Waals surface area contributed by atoms with Crippen LogP contribution >= 0.6 is 0 Å². The molecule has 3 aromatic rings. The van der Waals surface area contributed by atoms with Crippen molar-refractivity contribution in [3.63, 3.8) is 0 Å². The van der Waals surface area contributed by atoms with Crippen molar-refractivity contribution in [3.8, 4) is 28.6 Å². The van der Waals surface area contributed by atoms with E-state index in [1.165, 1.54) is 5.56 Å². The predicted molar refractivity (Wildman–Crippen MR) is 155 cm³/mol. The molecule has 2 N–H and O–H groups in total. The van der Waals surface area contributed by atoms with Crippen molar-refractivity contribution in [2.45, 2.75) is 40.2 Å². The van der Waals surface area contributed by atoms with E-state index in [-0.39, 0.29) is 23.4 Å². The molecule has 10 nitrogen and oxygen atoms in total. The third-order valence-corrected chi connectivity index (χ3v) is 7.39. The molecule has 1 amide bonds. The third-order valence-electron chi connectivity index (χ3n) is 7.39. The van der Waals surface area contributed by atoms with Crippen molar-refractivity contribution < 1.29 is 19.4 Å². The molecule has 1 aliphatic rings. The van der Waals surface area contributed by atoms with Crippen LogP contribution in [-0.2, 0) is 11.3 Å². The monoisotopic (exact) mass is 550 g/mol. The molecule has 1 saturated heterocycles. The van der Waals surface area contributed by atoms with Crippen molar-refractivity contribution in [3.05, 3.63) is 53.3 Å². The van der Waals surface area contributed by atoms with E-state index < -0.39 is 0 Å². The van der Waals surface area contributed by atoms with Crippen LogP contribution in [0.3, 0.4) is 0 Å². The number of methoxy groups -OCH3 is 1. The zero-order chi connectivity index (χ0) is 28.6. The number of phenols is 1. The summed E-state index contributed by atoms with van der Waals surface area (Å²) >= 11 is 0. The maximum absolute atomic E-state index is 13.4. The van der Waals surface area contributed by atoms with Crippen LogP contribution in [0.15, 0.2) is 36.4 Å². The van der Waals surface area contributed by atoms with Gasteiger partial charge in [-0.1, -0.05) is 39.8 Å². The third kappa shape index (κ3) is 6.80. The molecular weight excluding hydrogens is 508 g/mol. The predicted octanol–water partition coefficient (Wildman–Crippen LogP) is 3.68. The molecule has 1 fully saturated rings. The van der Waals surface area contributed by atoms with Gasteiger partial charge in [-0.05, 0) is 48.3 Å². The normalized spacial score (nSPS) is 14.2. The number of rotatable bonds is 12. The molecule has 0 bridgehead atoms. The molecule has 40 heavy (non-hydrogen) atoms. The van der Waals surface area contributed by atoms with Crippen molar-refractivity contribution in [2.75, 3.05) is 59.6 Å². The van der Waals surface area contributed by atoms with Crippen LogP contribution in [0.25, 0.3) is 17.1 Å². The minimum absolute atomic E-state index is 0.00679. The lowest BCUT2D eigenvalue weighted by atomic mass is 9.98. The summed E-state index contributed by atoms with van der Waals surface area (Å²) in [6.07, 6.45) is 0. The highest BCUT2D eigenvalue weighted by molar-refractivity contribution is 5.92. The number of nitrogens with one attached hydrogen (secondary N) is 1. The number of aromatic nitrogens is 3. The molecule has 0 aliphatic carbocycles. The van der Waals surface area contributed by atoms with Gasteiger partial charge in [0.15, 0.2) is 5.82 Å². The van der Waals surface area contributed by atoms with Gasteiger partial charge in [-0.15, -0.1) is 10.2 Å². The van der Waals surface area contributed by atoms with Gasteiger partial charge in [0.05, 0.1) is 25.9 Å². The first-order valence-electron chi connectivity index (χ1n) is 14.1. The number of morpholine rings is 1. The lowest BCUT2D eigenvalue weighted by molar-refractivity contribution is 0.0342. The number of benzene rings is 2. The van der Waals surface area contributed by atoms with Crippen LogP contribution in [-0.4, -0.2) is 95.2 Å². The average molecular weight is 551 g/mol. The molecule has 2 heterocycles. The highest BCUT2D eigenvalue weighted by Gasteiger charge is 2.25. The van der Waals surface area contributed by atoms with Gasteiger partial charge in [0.1, 0.15) is 11.5 Å². The Labute approximate surface area is 236 Å². The fourth-order valence-corrected chi connectivity index (χ4v) is 4.96. The lowest BCUT2D eigenvalue weighted by Gasteiger charge is -2.26. The lowest BCUT2D eigenvalue weighted by Crippen LogP contribution is -2.35. The number of nitrogens with zero attached hydrogens (tertiary/aromatic N) is 5. The first-order chi connectivity index (χ1) is 19.4. The molecule has 0 saturated carbocycles. The number of phenolic OH excluding ortho intramolecular Hbond substituents is 1. The van der Waals surface area contributed by atoms with Crippen LogP contribution < -0.4 is 10.1 Å². The number of carbonyl (C=O) groups is 1. The second kappa shape index (κ2) is 13.7. The van der Waals surface area contributed by atoms with Gasteiger partial charge >= 0.3 is 0 Å². The number of hydrogen-bond acceptors (Lipinski definition) is 8. The minimum atomic E-state index is -0.319. The molecule has 1 aromatic heterocycles. The molecule has 10 heteroatoms. The van der Waals surface area contributed by atoms with Crippen LogP contribution in [0.5, 0.6) is 11.5 Å². The Balaban J connectivity index is 1.71. The Morgan fingerprint density at radius 1 is 1.12 bits per heavy atom. The van der Waals surface area contributed by atoms with Gasteiger partial charge in [0.25, 0.3) is 5.91 Å². The van der Waals surface area contributed by atoms with Crippen LogP contribution in [0.2, 0.25) is 0 Å². The Hall–Kier alpha value is -3.47. The summed E-state index contributed by atoms with van der Waals surface area (Å²) in [5.41, 5.74) is 3.31. The SMILES string of the molecule is CCN(CC)CCNC(=O)c1nnc(-c2cc(C(C)C)c(OC)cc2O)n1-c1ccc(CN2CCOCC2)cc1. The summed E-state index contributed by atoms with van der Waals surface area (Å²) in [5.74, 6) is 0.985. The summed E-state index contributed by atoms with van der Waals surface area (Å²) in [5, 5.41) is 22.7. The highest BCUT2D eigenvalue weighted by atomic mass is 16.5. The van der Waals surface area contributed by atoms with Gasteiger partial charge in [0, 0.05) is 44.5 Å². The number of hydrogen-bond donors (Lipinski definition) is 2. The van der Waals surface area contributed by atoms with Crippen LogP contribution in [0, 0.1) is 0 Å². The standard InChI is InChI=1S/C30H42N6O4/c1-6-34(7-2)13-12-31-30(38)29-33-32-28(25-18-24(21(3)4)27(39-5)19-26(25)37)36(29)23-10-8-22(9-11-23)20-35-14-16-40-17-15-35/h8-11,18-19,21,37H,6-7,12-17,20H2,1-5H3,(H,31,38). The average Bonchev–Trinajstić information content (AvgIpc) is 3.41. The molecule has 2 aromatic carbocycles. The molecule has 1 aliphatic heterocycles. The van der Waals surface area contributed by atoms with E-state index in [1.807, 2.05) is 18.2 Å². The summed E-state index contributed by atoms with van der Waals surface area (Å²) in [6.45, 7) is 15.5. The van der Waals surface area contributed by atoms with Crippen molar-refractivity contribution in [1.29, 1.82) is 0 Å². The molecule has 4 rings (SSSR count). The maximum atomic E-state index is 13.4. The van der Waals surface area contributed by atoms with Gasteiger partial charge in [-0.3, -0.25) is 14.3 Å². The summed E-state index contributed by atoms with van der Waals surface area (Å²) < 4.78 is 12.7. The first kappa shape index (κ1) is 29.5. The minimum Gasteiger partial charge on any atom is -0.507 e. The fraction of sp³-hybridized carbons (Fsp3) is 0.500. The second-order valence-electron chi connectivity index (χ2n) is 10.3. The Morgan fingerprint density at radius 2 is 1.82 bits per heavy atom. The number of aromatic hydroxyl groups is 1. The molecule has 0 atom stereocenters.